The van der Waals surface area contributed by atoms with Crippen molar-refractivity contribution in [3.63, 3.8) is 0 Å². The summed E-state index contributed by atoms with van der Waals surface area (Å²) in [4.78, 5) is 24.9. The minimum atomic E-state index is -0.479. The molecular formula is C30H34O6. The van der Waals surface area contributed by atoms with E-state index >= 15 is 0 Å². The Hall–Kier alpha value is -3.80. The van der Waals surface area contributed by atoms with E-state index in [-0.39, 0.29) is 0 Å². The van der Waals surface area contributed by atoms with E-state index < -0.39 is 11.9 Å². The van der Waals surface area contributed by atoms with Crippen molar-refractivity contribution in [3.8, 4) is 23.0 Å². The van der Waals surface area contributed by atoms with Crippen LogP contribution in [0.25, 0.3) is 0 Å². The zero-order valence-electron chi connectivity index (χ0n) is 21.0. The van der Waals surface area contributed by atoms with Gasteiger partial charge in [0.15, 0.2) is 0 Å². The molecule has 0 amide bonds. The van der Waals surface area contributed by atoms with Gasteiger partial charge in [-0.05, 0) is 85.6 Å². The number of esters is 2. The Bertz CT molecular complexity index is 1070. The molecule has 0 atom stereocenters. The summed E-state index contributed by atoms with van der Waals surface area (Å²) in [6.07, 6.45) is 6.61. The van der Waals surface area contributed by atoms with Crippen molar-refractivity contribution in [2.75, 3.05) is 13.2 Å². The molecular weight excluding hydrogens is 456 g/mol. The van der Waals surface area contributed by atoms with Gasteiger partial charge in [0.05, 0.1) is 24.3 Å². The number of rotatable bonds is 14. The average Bonchev–Trinajstić information content (AvgIpc) is 2.90. The summed E-state index contributed by atoms with van der Waals surface area (Å²) in [5.74, 6) is 1.19. The van der Waals surface area contributed by atoms with Crippen molar-refractivity contribution in [3.05, 3.63) is 83.9 Å². The Labute approximate surface area is 213 Å². The molecule has 0 bridgehead atoms. The summed E-state index contributed by atoms with van der Waals surface area (Å²) in [7, 11) is 0. The van der Waals surface area contributed by atoms with Gasteiger partial charge in [-0.1, -0.05) is 39.5 Å². The van der Waals surface area contributed by atoms with E-state index in [2.05, 4.69) is 13.8 Å². The summed E-state index contributed by atoms with van der Waals surface area (Å²) in [6.45, 7) is 5.59. The molecule has 190 valence electrons. The van der Waals surface area contributed by atoms with Crippen molar-refractivity contribution >= 4 is 11.9 Å². The van der Waals surface area contributed by atoms with Crippen molar-refractivity contribution < 1.29 is 28.5 Å². The molecule has 0 heterocycles. The fourth-order valence-electron chi connectivity index (χ4n) is 3.34. The molecule has 0 aliphatic heterocycles. The van der Waals surface area contributed by atoms with Crippen LogP contribution in [0.15, 0.2) is 72.8 Å². The molecule has 0 saturated heterocycles. The van der Waals surface area contributed by atoms with Crippen molar-refractivity contribution in [2.45, 2.75) is 52.4 Å². The molecule has 0 radical (unpaired) electrons. The molecule has 3 rings (SSSR count). The zero-order valence-corrected chi connectivity index (χ0v) is 21.0. The topological polar surface area (TPSA) is 71.1 Å². The third-order valence-electron chi connectivity index (χ3n) is 5.46. The third-order valence-corrected chi connectivity index (χ3v) is 5.46. The van der Waals surface area contributed by atoms with E-state index in [0.717, 1.165) is 37.2 Å². The molecule has 6 nitrogen and oxygen atoms in total. The molecule has 0 spiro atoms. The van der Waals surface area contributed by atoms with Crippen LogP contribution in [0.2, 0.25) is 0 Å². The van der Waals surface area contributed by atoms with Gasteiger partial charge in [0, 0.05) is 0 Å². The molecule has 0 aliphatic rings. The highest BCUT2D eigenvalue weighted by Gasteiger charge is 2.11. The van der Waals surface area contributed by atoms with Crippen LogP contribution >= 0.6 is 0 Å². The fraction of sp³-hybridized carbons (Fsp3) is 0.333. The van der Waals surface area contributed by atoms with Crippen molar-refractivity contribution in [1.82, 2.24) is 0 Å². The van der Waals surface area contributed by atoms with Crippen molar-refractivity contribution in [2.24, 2.45) is 0 Å². The molecule has 0 aromatic heterocycles. The number of carbonyl (C=O) groups is 2. The summed E-state index contributed by atoms with van der Waals surface area (Å²) in [5.41, 5.74) is 0.840. The van der Waals surface area contributed by atoms with Crippen LogP contribution in [0.3, 0.4) is 0 Å². The Morgan fingerprint density at radius 1 is 0.500 bits per heavy atom. The van der Waals surface area contributed by atoms with Crippen LogP contribution in [-0.2, 0) is 0 Å². The minimum absolute atomic E-state index is 0.350. The number of hydrogen-bond acceptors (Lipinski definition) is 6. The van der Waals surface area contributed by atoms with E-state index in [0.29, 0.717) is 35.8 Å². The van der Waals surface area contributed by atoms with E-state index in [1.165, 1.54) is 12.8 Å². The Morgan fingerprint density at radius 2 is 0.889 bits per heavy atom. The van der Waals surface area contributed by atoms with E-state index in [4.69, 9.17) is 18.9 Å². The first-order valence-corrected chi connectivity index (χ1v) is 12.6. The highest BCUT2D eigenvalue weighted by atomic mass is 16.5. The molecule has 0 saturated carbocycles. The maximum Gasteiger partial charge on any atom is 0.343 e. The van der Waals surface area contributed by atoms with Gasteiger partial charge in [0.25, 0.3) is 0 Å². The monoisotopic (exact) mass is 490 g/mol. The maximum absolute atomic E-state index is 12.5. The average molecular weight is 491 g/mol. The number of hydrogen-bond donors (Lipinski definition) is 0. The highest BCUT2D eigenvalue weighted by molar-refractivity contribution is 5.92. The zero-order chi connectivity index (χ0) is 25.6. The predicted molar refractivity (Wildman–Crippen MR) is 139 cm³/mol. The second-order valence-electron chi connectivity index (χ2n) is 8.41. The van der Waals surface area contributed by atoms with Crippen molar-refractivity contribution in [1.29, 1.82) is 0 Å². The Balaban J connectivity index is 1.46. The number of benzene rings is 3. The first kappa shape index (κ1) is 26.8. The van der Waals surface area contributed by atoms with E-state index in [1.54, 1.807) is 72.8 Å². The lowest BCUT2D eigenvalue weighted by Gasteiger charge is -2.09. The number of ether oxygens (including phenoxy) is 4. The smallest absolute Gasteiger partial charge is 0.343 e. The lowest BCUT2D eigenvalue weighted by Crippen LogP contribution is -2.09. The second kappa shape index (κ2) is 14.6. The molecule has 3 aromatic rings. The van der Waals surface area contributed by atoms with Crippen LogP contribution in [-0.4, -0.2) is 25.2 Å². The van der Waals surface area contributed by atoms with Gasteiger partial charge in [-0.3, -0.25) is 0 Å². The van der Waals surface area contributed by atoms with Gasteiger partial charge < -0.3 is 18.9 Å². The van der Waals surface area contributed by atoms with E-state index in [9.17, 15) is 9.59 Å². The van der Waals surface area contributed by atoms with E-state index in [1.807, 2.05) is 0 Å². The van der Waals surface area contributed by atoms with Crippen LogP contribution in [0.1, 0.15) is 73.1 Å². The molecule has 0 N–H and O–H groups in total. The van der Waals surface area contributed by atoms with Crippen LogP contribution in [0, 0.1) is 0 Å². The Kier molecular flexibility index (Phi) is 10.8. The minimum Gasteiger partial charge on any atom is -0.494 e. The lowest BCUT2D eigenvalue weighted by molar-refractivity contribution is 0.0719. The Morgan fingerprint density at radius 3 is 1.31 bits per heavy atom. The molecule has 36 heavy (non-hydrogen) atoms. The van der Waals surface area contributed by atoms with Gasteiger partial charge in [-0.25, -0.2) is 9.59 Å². The van der Waals surface area contributed by atoms with Gasteiger partial charge in [0.2, 0.25) is 0 Å². The summed E-state index contributed by atoms with van der Waals surface area (Å²) >= 11 is 0. The normalized spacial score (nSPS) is 10.5. The standard InChI is InChI=1S/C30H34O6/c1-3-5-7-8-22-34-26-15-11-24(12-16-26)30(32)36-28-19-17-27(18-20-28)35-29(31)23-9-13-25(14-10-23)33-21-6-4-2/h9-20H,3-8,21-22H2,1-2H3. The molecule has 3 aromatic carbocycles. The summed E-state index contributed by atoms with van der Waals surface area (Å²) in [5, 5.41) is 0. The molecule has 0 aliphatic carbocycles. The van der Waals surface area contributed by atoms with Crippen LogP contribution < -0.4 is 18.9 Å². The highest BCUT2D eigenvalue weighted by Crippen LogP contribution is 2.21. The SMILES string of the molecule is CCCCCCOc1ccc(C(=O)Oc2ccc(OC(=O)c3ccc(OCCCC)cc3)cc2)cc1. The predicted octanol–water partition coefficient (Wildman–Crippen LogP) is 7.26. The molecule has 0 unspecified atom stereocenters. The summed E-state index contributed by atoms with van der Waals surface area (Å²) in [6, 6.07) is 20.1. The fourth-order valence-corrected chi connectivity index (χ4v) is 3.34. The largest absolute Gasteiger partial charge is 0.494 e. The molecule has 0 fully saturated rings. The first-order valence-electron chi connectivity index (χ1n) is 12.6. The van der Waals surface area contributed by atoms with Crippen LogP contribution in [0.5, 0.6) is 23.0 Å². The maximum atomic E-state index is 12.5. The number of unbranched alkanes of at least 4 members (excludes halogenated alkanes) is 4. The third kappa shape index (κ3) is 8.77. The van der Waals surface area contributed by atoms with Gasteiger partial charge in [-0.2, -0.15) is 0 Å². The number of carbonyl (C=O) groups excluding carboxylic acids is 2. The second-order valence-corrected chi connectivity index (χ2v) is 8.41. The van der Waals surface area contributed by atoms with Gasteiger partial charge in [-0.15, -0.1) is 0 Å². The van der Waals surface area contributed by atoms with Gasteiger partial charge in [0.1, 0.15) is 23.0 Å². The molecule has 6 heteroatoms. The first-order chi connectivity index (χ1) is 17.6. The summed E-state index contributed by atoms with van der Waals surface area (Å²) < 4.78 is 22.2. The lowest BCUT2D eigenvalue weighted by atomic mass is 10.2. The van der Waals surface area contributed by atoms with Gasteiger partial charge >= 0.3 is 11.9 Å². The van der Waals surface area contributed by atoms with Crippen LogP contribution in [0.4, 0.5) is 0 Å². The quantitative estimate of drug-likeness (QED) is 0.134.